The number of carbonyl (C=O) groups is 1. The number of nitrogens with two attached hydrogens (primary N) is 1. The van der Waals surface area contributed by atoms with Crippen LogP contribution in [0.15, 0.2) is 52.3 Å². The van der Waals surface area contributed by atoms with Crippen LogP contribution in [0.3, 0.4) is 0 Å². The summed E-state index contributed by atoms with van der Waals surface area (Å²) in [6, 6.07) is 7.00. The van der Waals surface area contributed by atoms with Gasteiger partial charge in [-0.2, -0.15) is 17.9 Å². The minimum absolute atomic E-state index is 0.163. The van der Waals surface area contributed by atoms with Crippen molar-refractivity contribution >= 4 is 18.5 Å². The van der Waals surface area contributed by atoms with E-state index in [9.17, 15) is 10.1 Å². The number of ether oxygens (including phenoxy) is 1. The highest BCUT2D eigenvalue weighted by atomic mass is 32.1. The molecule has 0 saturated heterocycles. The van der Waals surface area contributed by atoms with Crippen LogP contribution in [0.25, 0.3) is 11.3 Å². The zero-order valence-corrected chi connectivity index (χ0v) is 15.7. The Hall–Kier alpha value is -3.18. The third kappa shape index (κ3) is 5.15. The van der Waals surface area contributed by atoms with Gasteiger partial charge in [0.2, 0.25) is 0 Å². The number of nitrogens with one attached hydrogen (secondary N) is 1. The lowest BCUT2D eigenvalue weighted by atomic mass is 10.1. The molecule has 3 N–H and O–H groups in total. The van der Waals surface area contributed by atoms with E-state index in [0.717, 1.165) is 18.4 Å². The summed E-state index contributed by atoms with van der Waals surface area (Å²) in [5, 5.41) is 13.7. The summed E-state index contributed by atoms with van der Waals surface area (Å²) in [6.07, 6.45) is 5.87. The van der Waals surface area contributed by atoms with Crippen LogP contribution in [0, 0.1) is 11.3 Å². The summed E-state index contributed by atoms with van der Waals surface area (Å²) in [6.45, 7) is 0.459. The number of carbonyl (C=O) groups excluding carboxylic acids is 1. The standard InChI is InChI=1S/C19H20N4O3S/c1-25-16-5-4-14(9-15(16)10-21)18-17(23-12-26-18)19(24)22-8-2-3-13(11-27)6-7-20/h4-7,9,11-12,27H,2-3,8,20H2,1H3,(H,22,24)/b7-6-,13-11-. The van der Waals surface area contributed by atoms with Crippen molar-refractivity contribution in [1.29, 1.82) is 5.26 Å². The fraction of sp³-hybridized carbons (Fsp3) is 0.211. The van der Waals surface area contributed by atoms with E-state index in [1.54, 1.807) is 29.7 Å². The van der Waals surface area contributed by atoms with Crippen molar-refractivity contribution in [3.8, 4) is 23.1 Å². The molecule has 0 saturated carbocycles. The first kappa shape index (κ1) is 20.1. The quantitative estimate of drug-likeness (QED) is 0.366. The third-order valence-corrected chi connectivity index (χ3v) is 4.10. The van der Waals surface area contributed by atoms with E-state index in [0.29, 0.717) is 29.2 Å². The Morgan fingerprint density at radius 2 is 2.33 bits per heavy atom. The Bertz CT molecular complexity index is 897. The predicted molar refractivity (Wildman–Crippen MR) is 105 cm³/mol. The zero-order valence-electron chi connectivity index (χ0n) is 14.8. The van der Waals surface area contributed by atoms with Gasteiger partial charge in [0.05, 0.1) is 12.7 Å². The fourth-order valence-corrected chi connectivity index (χ4v) is 2.66. The molecule has 0 aliphatic rings. The topological polar surface area (TPSA) is 114 Å². The SMILES string of the molecule is COc1ccc(-c2ocnc2C(=O)NCCCC(/C=C\N)=C/S)cc1C#N. The minimum Gasteiger partial charge on any atom is -0.495 e. The molecule has 0 radical (unpaired) electrons. The summed E-state index contributed by atoms with van der Waals surface area (Å²) in [5.41, 5.74) is 7.41. The molecule has 0 unspecified atom stereocenters. The second-order valence-electron chi connectivity index (χ2n) is 5.48. The van der Waals surface area contributed by atoms with E-state index in [-0.39, 0.29) is 11.6 Å². The van der Waals surface area contributed by atoms with Crippen molar-refractivity contribution in [2.24, 2.45) is 5.73 Å². The van der Waals surface area contributed by atoms with Crippen molar-refractivity contribution in [3.63, 3.8) is 0 Å². The molecule has 0 spiro atoms. The molecule has 8 heteroatoms. The average Bonchev–Trinajstić information content (AvgIpc) is 3.19. The molecule has 0 fully saturated rings. The minimum atomic E-state index is -0.348. The van der Waals surface area contributed by atoms with E-state index in [2.05, 4.69) is 29.0 Å². The number of methoxy groups -OCH3 is 1. The van der Waals surface area contributed by atoms with Gasteiger partial charge in [0, 0.05) is 12.1 Å². The van der Waals surface area contributed by atoms with Gasteiger partial charge in [-0.1, -0.05) is 0 Å². The molecule has 2 aromatic rings. The molecule has 7 nitrogen and oxygen atoms in total. The van der Waals surface area contributed by atoms with Gasteiger partial charge in [0.15, 0.2) is 17.8 Å². The fourth-order valence-electron chi connectivity index (χ4n) is 2.44. The van der Waals surface area contributed by atoms with Gasteiger partial charge in [-0.15, -0.1) is 0 Å². The molecule has 27 heavy (non-hydrogen) atoms. The molecule has 0 aliphatic carbocycles. The first-order valence-electron chi connectivity index (χ1n) is 8.16. The normalized spacial score (nSPS) is 11.4. The highest BCUT2D eigenvalue weighted by Gasteiger charge is 2.19. The van der Waals surface area contributed by atoms with Gasteiger partial charge in [0.1, 0.15) is 11.8 Å². The number of amides is 1. The van der Waals surface area contributed by atoms with Crippen molar-refractivity contribution in [2.45, 2.75) is 12.8 Å². The summed E-state index contributed by atoms with van der Waals surface area (Å²) in [7, 11) is 1.49. The number of thiol groups is 1. The number of nitriles is 1. The van der Waals surface area contributed by atoms with Crippen LogP contribution in [0.4, 0.5) is 0 Å². The van der Waals surface area contributed by atoms with Gasteiger partial charge in [-0.25, -0.2) is 4.98 Å². The van der Waals surface area contributed by atoms with Crippen molar-refractivity contribution < 1.29 is 13.9 Å². The molecule has 0 bridgehead atoms. The van der Waals surface area contributed by atoms with Crippen LogP contribution in [0.1, 0.15) is 28.9 Å². The summed E-state index contributed by atoms with van der Waals surface area (Å²) >= 11 is 4.11. The highest BCUT2D eigenvalue weighted by molar-refractivity contribution is 7.83. The van der Waals surface area contributed by atoms with Crippen LogP contribution >= 0.6 is 12.6 Å². The molecule has 0 atom stereocenters. The van der Waals surface area contributed by atoms with Gasteiger partial charge in [-0.05, 0) is 54.3 Å². The third-order valence-electron chi connectivity index (χ3n) is 3.77. The number of rotatable bonds is 8. The number of benzene rings is 1. The lowest BCUT2D eigenvalue weighted by Crippen LogP contribution is -2.25. The summed E-state index contributed by atoms with van der Waals surface area (Å²) < 4.78 is 10.5. The van der Waals surface area contributed by atoms with Gasteiger partial charge in [0.25, 0.3) is 5.91 Å². The Balaban J connectivity index is 2.06. The average molecular weight is 384 g/mol. The van der Waals surface area contributed by atoms with Crippen molar-refractivity contribution in [3.05, 3.63) is 59.1 Å². The molecule has 140 valence electrons. The maximum atomic E-state index is 12.4. The Morgan fingerprint density at radius 1 is 1.52 bits per heavy atom. The number of oxazole rings is 1. The maximum Gasteiger partial charge on any atom is 0.273 e. The number of allylic oxidation sites excluding steroid dienone is 2. The number of aromatic nitrogens is 1. The van der Waals surface area contributed by atoms with Crippen LogP contribution in [-0.4, -0.2) is 24.5 Å². The maximum absolute atomic E-state index is 12.4. The Labute approximate surface area is 162 Å². The molecular formula is C19H20N4O3S. The van der Waals surface area contributed by atoms with E-state index >= 15 is 0 Å². The Morgan fingerprint density at radius 3 is 3.00 bits per heavy atom. The first-order chi connectivity index (χ1) is 13.1. The monoisotopic (exact) mass is 384 g/mol. The second-order valence-corrected chi connectivity index (χ2v) is 5.74. The van der Waals surface area contributed by atoms with Gasteiger partial charge in [-0.3, -0.25) is 4.79 Å². The van der Waals surface area contributed by atoms with Crippen LogP contribution < -0.4 is 15.8 Å². The van der Waals surface area contributed by atoms with Crippen LogP contribution in [0.5, 0.6) is 5.75 Å². The van der Waals surface area contributed by atoms with Gasteiger partial charge < -0.3 is 20.2 Å². The predicted octanol–water partition coefficient (Wildman–Crippen LogP) is 3.02. The van der Waals surface area contributed by atoms with Crippen molar-refractivity contribution in [2.75, 3.05) is 13.7 Å². The summed E-state index contributed by atoms with van der Waals surface area (Å²) in [4.78, 5) is 16.4. The van der Waals surface area contributed by atoms with E-state index in [1.807, 2.05) is 0 Å². The molecule has 1 heterocycles. The number of hydrogen-bond acceptors (Lipinski definition) is 7. The number of hydrogen-bond donors (Lipinski definition) is 3. The van der Waals surface area contributed by atoms with E-state index in [4.69, 9.17) is 14.9 Å². The van der Waals surface area contributed by atoms with Crippen molar-refractivity contribution in [1.82, 2.24) is 10.3 Å². The Kier molecular flexibility index (Phi) is 7.52. The second kappa shape index (κ2) is 10.1. The van der Waals surface area contributed by atoms with E-state index in [1.165, 1.54) is 19.7 Å². The smallest absolute Gasteiger partial charge is 0.273 e. The lowest BCUT2D eigenvalue weighted by molar-refractivity contribution is 0.0949. The zero-order chi connectivity index (χ0) is 19.6. The summed E-state index contributed by atoms with van der Waals surface area (Å²) in [5.74, 6) is 0.402. The highest BCUT2D eigenvalue weighted by Crippen LogP contribution is 2.28. The number of nitrogens with zero attached hydrogens (tertiary/aromatic N) is 2. The largest absolute Gasteiger partial charge is 0.495 e. The van der Waals surface area contributed by atoms with E-state index < -0.39 is 0 Å². The molecule has 1 aromatic heterocycles. The molecule has 1 amide bonds. The molecule has 2 rings (SSSR count). The van der Waals surface area contributed by atoms with Gasteiger partial charge >= 0.3 is 0 Å². The lowest BCUT2D eigenvalue weighted by Gasteiger charge is -2.07. The molecule has 0 aliphatic heterocycles. The first-order valence-corrected chi connectivity index (χ1v) is 8.68. The molecule has 1 aromatic carbocycles. The van der Waals surface area contributed by atoms with Crippen LogP contribution in [0.2, 0.25) is 0 Å². The molecular weight excluding hydrogens is 364 g/mol. The van der Waals surface area contributed by atoms with Crippen LogP contribution in [-0.2, 0) is 0 Å².